The first kappa shape index (κ1) is 13.8. The quantitative estimate of drug-likeness (QED) is 0.940. The Bertz CT molecular complexity index is 642. The Labute approximate surface area is 124 Å². The van der Waals surface area contributed by atoms with E-state index in [9.17, 15) is 9.90 Å². The van der Waals surface area contributed by atoms with Gasteiger partial charge in [-0.05, 0) is 23.6 Å². The summed E-state index contributed by atoms with van der Waals surface area (Å²) in [6.45, 7) is 2.40. The number of pyridine rings is 1. The molecule has 1 aliphatic rings. The summed E-state index contributed by atoms with van der Waals surface area (Å²) in [5.74, 6) is 0.152. The van der Waals surface area contributed by atoms with Gasteiger partial charge in [-0.2, -0.15) is 0 Å². The lowest BCUT2D eigenvalue weighted by atomic mass is 9.96. The van der Waals surface area contributed by atoms with Crippen molar-refractivity contribution in [2.24, 2.45) is 5.92 Å². The third kappa shape index (κ3) is 2.54. The van der Waals surface area contributed by atoms with Crippen LogP contribution in [-0.2, 0) is 11.2 Å². The molecule has 3 rings (SSSR count). The molecule has 0 spiro atoms. The number of carbonyl (C=O) groups excluding carboxylic acids is 1. The van der Waals surface area contributed by atoms with Crippen LogP contribution in [0.3, 0.4) is 0 Å². The lowest BCUT2D eigenvalue weighted by Gasteiger charge is -2.24. The summed E-state index contributed by atoms with van der Waals surface area (Å²) in [7, 11) is 0. The average Bonchev–Trinajstić information content (AvgIpc) is 2.97. The predicted octanol–water partition coefficient (Wildman–Crippen LogP) is 2.34. The molecule has 1 amide bonds. The van der Waals surface area contributed by atoms with Gasteiger partial charge in [-0.1, -0.05) is 43.3 Å². The number of rotatable bonds is 3. The van der Waals surface area contributed by atoms with Gasteiger partial charge in [-0.15, -0.1) is 0 Å². The van der Waals surface area contributed by atoms with E-state index in [4.69, 9.17) is 0 Å². The second-order valence-electron chi connectivity index (χ2n) is 5.37. The number of fused-ring (bicyclic) bond motifs is 1. The molecule has 0 saturated carbocycles. The van der Waals surface area contributed by atoms with E-state index in [1.165, 1.54) is 0 Å². The molecule has 2 atom stereocenters. The molecule has 1 aliphatic heterocycles. The molecule has 0 bridgehead atoms. The fraction of sp³-hybridized carbons (Fsp3) is 0.294. The molecular formula is C17H18N2O2. The van der Waals surface area contributed by atoms with E-state index >= 15 is 0 Å². The lowest BCUT2D eigenvalue weighted by molar-refractivity contribution is -0.125. The maximum Gasteiger partial charge on any atom is 0.233 e. The minimum Gasteiger partial charge on any atom is -0.388 e. The van der Waals surface area contributed by atoms with E-state index in [1.807, 2.05) is 42.5 Å². The fourth-order valence-corrected chi connectivity index (χ4v) is 2.74. The van der Waals surface area contributed by atoms with Crippen LogP contribution in [0.4, 0.5) is 5.82 Å². The first-order valence-corrected chi connectivity index (χ1v) is 7.17. The molecule has 21 heavy (non-hydrogen) atoms. The smallest absolute Gasteiger partial charge is 0.233 e. The van der Waals surface area contributed by atoms with E-state index in [1.54, 1.807) is 18.0 Å². The molecule has 0 aliphatic carbocycles. The number of aliphatic hydroxyl groups excluding tert-OH is 1. The second-order valence-corrected chi connectivity index (χ2v) is 5.37. The molecule has 1 aromatic heterocycles. The third-order valence-electron chi connectivity index (χ3n) is 4.00. The van der Waals surface area contributed by atoms with E-state index < -0.39 is 12.0 Å². The zero-order valence-electron chi connectivity index (χ0n) is 11.9. The number of aliphatic hydroxyl groups is 1. The summed E-state index contributed by atoms with van der Waals surface area (Å²) in [6, 6.07) is 13.2. The average molecular weight is 282 g/mol. The molecule has 0 unspecified atom stereocenters. The fourth-order valence-electron chi connectivity index (χ4n) is 2.74. The van der Waals surface area contributed by atoms with Crippen molar-refractivity contribution in [1.29, 1.82) is 0 Å². The topological polar surface area (TPSA) is 53.4 Å². The van der Waals surface area contributed by atoms with E-state index in [0.29, 0.717) is 6.54 Å². The largest absolute Gasteiger partial charge is 0.388 e. The Morgan fingerprint density at radius 1 is 1.24 bits per heavy atom. The van der Waals surface area contributed by atoms with Crippen molar-refractivity contribution in [2.45, 2.75) is 19.4 Å². The number of aromatic nitrogens is 1. The molecule has 4 nitrogen and oxygen atoms in total. The van der Waals surface area contributed by atoms with Gasteiger partial charge < -0.3 is 5.11 Å². The van der Waals surface area contributed by atoms with E-state index in [0.717, 1.165) is 23.4 Å². The van der Waals surface area contributed by atoms with Crippen LogP contribution in [0, 0.1) is 5.92 Å². The van der Waals surface area contributed by atoms with Gasteiger partial charge in [-0.3, -0.25) is 9.69 Å². The number of hydrogen-bond acceptors (Lipinski definition) is 3. The lowest BCUT2D eigenvalue weighted by Crippen LogP contribution is -2.36. The predicted molar refractivity (Wildman–Crippen MR) is 80.9 cm³/mol. The molecule has 4 heteroatoms. The SMILES string of the molecule is C[C@@H](C(=O)N1CCc2cccnc21)[C@@H](O)c1ccccc1. The first-order valence-electron chi connectivity index (χ1n) is 7.17. The van der Waals surface area contributed by atoms with Crippen LogP contribution in [-0.4, -0.2) is 22.5 Å². The van der Waals surface area contributed by atoms with Gasteiger partial charge in [-0.25, -0.2) is 4.98 Å². The minimum absolute atomic E-state index is 0.0798. The molecule has 108 valence electrons. The zero-order chi connectivity index (χ0) is 14.8. The van der Waals surface area contributed by atoms with Crippen molar-refractivity contribution in [3.05, 3.63) is 59.8 Å². The number of carbonyl (C=O) groups is 1. The normalized spacial score (nSPS) is 16.4. The third-order valence-corrected chi connectivity index (χ3v) is 4.00. The highest BCUT2D eigenvalue weighted by Gasteiger charge is 2.32. The van der Waals surface area contributed by atoms with Crippen LogP contribution in [0.5, 0.6) is 0 Å². The second kappa shape index (κ2) is 5.66. The Morgan fingerprint density at radius 3 is 2.76 bits per heavy atom. The summed E-state index contributed by atoms with van der Waals surface area (Å²) in [5, 5.41) is 10.4. The number of nitrogens with zero attached hydrogens (tertiary/aromatic N) is 2. The Hall–Kier alpha value is -2.20. The van der Waals surface area contributed by atoms with E-state index in [-0.39, 0.29) is 5.91 Å². The van der Waals surface area contributed by atoms with Gasteiger partial charge >= 0.3 is 0 Å². The summed E-state index contributed by atoms with van der Waals surface area (Å²) in [4.78, 5) is 18.6. The summed E-state index contributed by atoms with van der Waals surface area (Å²) in [6.07, 6.45) is 1.72. The Kier molecular flexibility index (Phi) is 3.71. The highest BCUT2D eigenvalue weighted by molar-refractivity contribution is 5.96. The molecule has 0 fully saturated rings. The number of amides is 1. The van der Waals surface area contributed by atoms with Crippen molar-refractivity contribution >= 4 is 11.7 Å². The van der Waals surface area contributed by atoms with Crippen LogP contribution in [0.2, 0.25) is 0 Å². The van der Waals surface area contributed by atoms with Crippen LogP contribution in [0.1, 0.15) is 24.2 Å². The highest BCUT2D eigenvalue weighted by atomic mass is 16.3. The zero-order valence-corrected chi connectivity index (χ0v) is 11.9. The van der Waals surface area contributed by atoms with Gasteiger partial charge in [0, 0.05) is 12.7 Å². The molecule has 1 N–H and O–H groups in total. The van der Waals surface area contributed by atoms with Crippen LogP contribution < -0.4 is 4.90 Å². The molecule has 2 aromatic rings. The van der Waals surface area contributed by atoms with Gasteiger partial charge in [0.05, 0.1) is 12.0 Å². The highest BCUT2D eigenvalue weighted by Crippen LogP contribution is 2.30. The first-order chi connectivity index (χ1) is 10.2. The maximum absolute atomic E-state index is 12.6. The van der Waals surface area contributed by atoms with Crippen molar-refractivity contribution in [3.8, 4) is 0 Å². The summed E-state index contributed by atoms with van der Waals surface area (Å²) >= 11 is 0. The maximum atomic E-state index is 12.6. The Balaban J connectivity index is 1.80. The number of anilines is 1. The summed E-state index contributed by atoms with van der Waals surface area (Å²) in [5.41, 5.74) is 1.85. The minimum atomic E-state index is -0.800. The van der Waals surface area contributed by atoms with E-state index in [2.05, 4.69) is 4.98 Å². The van der Waals surface area contributed by atoms with Gasteiger partial charge in [0.2, 0.25) is 5.91 Å². The Morgan fingerprint density at radius 2 is 2.00 bits per heavy atom. The number of hydrogen-bond donors (Lipinski definition) is 1. The molecule has 1 aromatic carbocycles. The van der Waals surface area contributed by atoms with Crippen molar-refractivity contribution < 1.29 is 9.90 Å². The van der Waals surface area contributed by atoms with Gasteiger partial charge in [0.15, 0.2) is 0 Å². The van der Waals surface area contributed by atoms with Crippen molar-refractivity contribution in [3.63, 3.8) is 0 Å². The molecule has 0 saturated heterocycles. The molecular weight excluding hydrogens is 264 g/mol. The summed E-state index contributed by atoms with van der Waals surface area (Å²) < 4.78 is 0. The molecule has 2 heterocycles. The van der Waals surface area contributed by atoms with Gasteiger partial charge in [0.25, 0.3) is 0 Å². The monoisotopic (exact) mass is 282 g/mol. The molecule has 0 radical (unpaired) electrons. The van der Waals surface area contributed by atoms with Crippen LogP contribution in [0.15, 0.2) is 48.7 Å². The number of benzene rings is 1. The van der Waals surface area contributed by atoms with Crippen LogP contribution >= 0.6 is 0 Å². The van der Waals surface area contributed by atoms with Crippen molar-refractivity contribution in [2.75, 3.05) is 11.4 Å². The standard InChI is InChI=1S/C17H18N2O2/c1-12(15(20)13-6-3-2-4-7-13)17(21)19-11-9-14-8-5-10-18-16(14)19/h2-8,10,12,15,20H,9,11H2,1H3/t12-,15-/m1/s1. The van der Waals surface area contributed by atoms with Crippen LogP contribution in [0.25, 0.3) is 0 Å². The van der Waals surface area contributed by atoms with Gasteiger partial charge in [0.1, 0.15) is 5.82 Å². The van der Waals surface area contributed by atoms with Crippen molar-refractivity contribution in [1.82, 2.24) is 4.98 Å².